The fourth-order valence-electron chi connectivity index (χ4n) is 4.35. The van der Waals surface area contributed by atoms with Crippen LogP contribution >= 0.6 is 0 Å². The molecule has 5 rings (SSSR count). The Labute approximate surface area is 244 Å². The van der Waals surface area contributed by atoms with Crippen LogP contribution in [0.1, 0.15) is 21.6 Å². The molecular weight excluding hydrogens is 562 g/mol. The minimum Gasteiger partial charge on any atom is -0.491 e. The number of aromatic nitrogens is 4. The first kappa shape index (κ1) is 29.3. The van der Waals surface area contributed by atoms with Crippen molar-refractivity contribution >= 4 is 16.8 Å². The van der Waals surface area contributed by atoms with Gasteiger partial charge in [-0.2, -0.15) is 4.98 Å². The van der Waals surface area contributed by atoms with Crippen LogP contribution in [0.25, 0.3) is 16.7 Å². The molecule has 12 heteroatoms. The quantitative estimate of drug-likeness (QED) is 0.155. The molecule has 220 valence electrons. The number of carbonyl (C=O) groups excluding carboxylic acids is 1. The van der Waals surface area contributed by atoms with E-state index >= 15 is 4.39 Å². The maximum absolute atomic E-state index is 15.2. The van der Waals surface area contributed by atoms with Gasteiger partial charge in [-0.3, -0.25) is 14.2 Å². The van der Waals surface area contributed by atoms with Gasteiger partial charge in [-0.25, -0.2) is 18.7 Å². The summed E-state index contributed by atoms with van der Waals surface area (Å²) in [4.78, 5) is 39.0. The van der Waals surface area contributed by atoms with Gasteiger partial charge in [0, 0.05) is 31.0 Å². The lowest BCUT2D eigenvalue weighted by atomic mass is 10.0. The molecule has 2 aromatic carbocycles. The lowest BCUT2D eigenvalue weighted by Gasteiger charge is -2.13. The Balaban J connectivity index is 1.38. The first-order valence-corrected chi connectivity index (χ1v) is 13.1. The molecule has 0 fully saturated rings. The zero-order valence-electron chi connectivity index (χ0n) is 23.5. The molecule has 3 aromatic heterocycles. The van der Waals surface area contributed by atoms with Crippen LogP contribution in [0.2, 0.25) is 0 Å². The molecule has 0 amide bonds. The Morgan fingerprint density at radius 3 is 2.42 bits per heavy atom. The van der Waals surface area contributed by atoms with Crippen molar-refractivity contribution in [3.63, 3.8) is 0 Å². The molecule has 0 radical (unpaired) electrons. The summed E-state index contributed by atoms with van der Waals surface area (Å²) in [5.41, 5.74) is 1.28. The highest BCUT2D eigenvalue weighted by molar-refractivity contribution is 5.97. The summed E-state index contributed by atoms with van der Waals surface area (Å²) in [6.07, 6.45) is 1.01. The average Bonchev–Trinajstić information content (AvgIpc) is 2.99. The molecule has 0 N–H and O–H groups in total. The van der Waals surface area contributed by atoms with E-state index in [0.29, 0.717) is 34.8 Å². The van der Waals surface area contributed by atoms with Crippen molar-refractivity contribution in [2.75, 3.05) is 27.4 Å². The minimum absolute atomic E-state index is 0.0204. The molecule has 10 nitrogen and oxygen atoms in total. The summed E-state index contributed by atoms with van der Waals surface area (Å²) in [6, 6.07) is 14.0. The summed E-state index contributed by atoms with van der Waals surface area (Å²) in [6.45, 7) is 2.24. The number of nitrogens with zero attached hydrogens (tertiary/aromatic N) is 4. The summed E-state index contributed by atoms with van der Waals surface area (Å²) in [5, 5.41) is 0. The molecule has 0 bridgehead atoms. The fourth-order valence-corrected chi connectivity index (χ4v) is 4.35. The zero-order chi connectivity index (χ0) is 30.5. The first-order valence-electron chi connectivity index (χ1n) is 13.1. The molecular formula is C31H26F2N4O6. The Kier molecular flexibility index (Phi) is 8.67. The largest absolute Gasteiger partial charge is 0.491 e. The molecule has 0 aliphatic carbocycles. The lowest BCUT2D eigenvalue weighted by Crippen LogP contribution is -2.27. The molecule has 5 aromatic rings. The molecule has 3 heterocycles. The Hall–Kier alpha value is -5.23. The highest BCUT2D eigenvalue weighted by Crippen LogP contribution is 2.33. The Morgan fingerprint density at radius 2 is 1.70 bits per heavy atom. The third-order valence-electron chi connectivity index (χ3n) is 6.49. The molecule has 0 aliphatic rings. The Bertz CT molecular complexity index is 1860. The number of methoxy groups -OCH3 is 2. The molecule has 43 heavy (non-hydrogen) atoms. The maximum atomic E-state index is 15.2. The van der Waals surface area contributed by atoms with Gasteiger partial charge in [0.1, 0.15) is 24.3 Å². The number of hydrogen-bond donors (Lipinski definition) is 0. The Morgan fingerprint density at radius 1 is 0.907 bits per heavy atom. The van der Waals surface area contributed by atoms with Crippen LogP contribution in [0.15, 0.2) is 71.8 Å². The SMILES string of the molecule is COCCOc1nc2c(Oc3ccc(CC(=O)c4ccc(C)n(-c5ccc(F)cc5)c4=O)cc3F)ncnc2cc1OC. The van der Waals surface area contributed by atoms with E-state index in [0.717, 1.165) is 6.07 Å². The number of ketones is 1. The van der Waals surface area contributed by atoms with Crippen LogP contribution in [0.3, 0.4) is 0 Å². The van der Waals surface area contributed by atoms with E-state index in [1.165, 1.54) is 60.5 Å². The van der Waals surface area contributed by atoms with E-state index in [1.54, 1.807) is 26.2 Å². The average molecular weight is 589 g/mol. The van der Waals surface area contributed by atoms with Gasteiger partial charge < -0.3 is 18.9 Å². The second-order valence-electron chi connectivity index (χ2n) is 9.36. The van der Waals surface area contributed by atoms with Crippen molar-refractivity contribution in [1.29, 1.82) is 0 Å². The van der Waals surface area contributed by atoms with Crippen molar-refractivity contribution in [3.05, 3.63) is 106 Å². The van der Waals surface area contributed by atoms with Gasteiger partial charge >= 0.3 is 0 Å². The molecule has 0 saturated carbocycles. The summed E-state index contributed by atoms with van der Waals surface area (Å²) < 4.78 is 51.6. The standard InChI is InChI=1S/C31H26F2N4O6/c1-18-4-10-22(31(39)37(18)21-8-6-20(32)7-9-21)25(38)15-19-5-11-26(23(33)14-19)43-30-28-24(34-17-35-30)16-27(41-3)29(36-28)42-13-12-40-2/h4-11,14,16-17H,12-13,15H2,1-3H3. The van der Waals surface area contributed by atoms with Crippen molar-refractivity contribution in [1.82, 2.24) is 19.5 Å². The highest BCUT2D eigenvalue weighted by atomic mass is 19.1. The summed E-state index contributed by atoms with van der Waals surface area (Å²) >= 11 is 0. The van der Waals surface area contributed by atoms with Gasteiger partial charge in [-0.1, -0.05) is 6.07 Å². The monoisotopic (exact) mass is 588 g/mol. The lowest BCUT2D eigenvalue weighted by molar-refractivity contribution is 0.0991. The number of hydrogen-bond acceptors (Lipinski definition) is 9. The molecule has 0 atom stereocenters. The predicted molar refractivity (Wildman–Crippen MR) is 152 cm³/mol. The van der Waals surface area contributed by atoms with Gasteiger partial charge in [-0.05, 0) is 61.0 Å². The third-order valence-corrected chi connectivity index (χ3v) is 6.49. The fraction of sp³-hybridized carbons (Fsp3) is 0.194. The number of benzene rings is 2. The van der Waals surface area contributed by atoms with Crippen molar-refractivity contribution in [3.8, 4) is 28.9 Å². The molecule has 0 aliphatic heterocycles. The molecule has 0 unspecified atom stereocenters. The first-order chi connectivity index (χ1) is 20.8. The van der Waals surface area contributed by atoms with Crippen molar-refractivity contribution in [2.45, 2.75) is 13.3 Å². The van der Waals surface area contributed by atoms with Gasteiger partial charge in [0.25, 0.3) is 11.4 Å². The number of rotatable bonds is 11. The highest BCUT2D eigenvalue weighted by Gasteiger charge is 2.19. The van der Waals surface area contributed by atoms with Crippen LogP contribution in [0.5, 0.6) is 23.3 Å². The number of Topliss-reactive ketones (excluding diaryl/α,β-unsaturated/α-hetero) is 1. The van der Waals surface area contributed by atoms with Crippen LogP contribution in [0, 0.1) is 18.6 Å². The van der Waals surface area contributed by atoms with Gasteiger partial charge in [0.05, 0.1) is 19.3 Å². The zero-order valence-corrected chi connectivity index (χ0v) is 23.5. The topological polar surface area (TPSA) is 115 Å². The number of halogens is 2. The molecule has 0 spiro atoms. The molecule has 0 saturated heterocycles. The second-order valence-corrected chi connectivity index (χ2v) is 9.36. The maximum Gasteiger partial charge on any atom is 0.266 e. The van der Waals surface area contributed by atoms with E-state index in [1.807, 2.05) is 0 Å². The van der Waals surface area contributed by atoms with Crippen LogP contribution in [0.4, 0.5) is 8.78 Å². The summed E-state index contributed by atoms with van der Waals surface area (Å²) in [7, 11) is 3.00. The van der Waals surface area contributed by atoms with Crippen molar-refractivity contribution < 1.29 is 32.5 Å². The number of fused-ring (bicyclic) bond motifs is 1. The second kappa shape index (κ2) is 12.7. The van der Waals surface area contributed by atoms with Crippen LogP contribution < -0.4 is 19.8 Å². The number of carbonyl (C=O) groups is 1. The van der Waals surface area contributed by atoms with E-state index in [4.69, 9.17) is 18.9 Å². The minimum atomic E-state index is -0.755. The normalized spacial score (nSPS) is 11.0. The van der Waals surface area contributed by atoms with Crippen LogP contribution in [-0.2, 0) is 11.2 Å². The van der Waals surface area contributed by atoms with Gasteiger partial charge in [0.2, 0.25) is 5.88 Å². The summed E-state index contributed by atoms with van der Waals surface area (Å²) in [5.74, 6) is -1.39. The smallest absolute Gasteiger partial charge is 0.266 e. The van der Waals surface area contributed by atoms with Gasteiger partial charge in [-0.15, -0.1) is 0 Å². The van der Waals surface area contributed by atoms with Crippen LogP contribution in [-0.4, -0.2) is 52.7 Å². The third kappa shape index (κ3) is 6.33. The predicted octanol–water partition coefficient (Wildman–Crippen LogP) is 5.01. The van der Waals surface area contributed by atoms with E-state index in [2.05, 4.69) is 15.0 Å². The van der Waals surface area contributed by atoms with Crippen molar-refractivity contribution in [2.24, 2.45) is 0 Å². The number of ether oxygens (including phenoxy) is 4. The van der Waals surface area contributed by atoms with E-state index < -0.39 is 23.0 Å². The van der Waals surface area contributed by atoms with Gasteiger partial charge in [0.15, 0.2) is 28.6 Å². The van der Waals surface area contributed by atoms with E-state index in [9.17, 15) is 14.0 Å². The number of aryl methyl sites for hydroxylation is 1. The number of pyridine rings is 2. The van der Waals surface area contributed by atoms with E-state index in [-0.39, 0.29) is 41.6 Å².